The molecule has 0 aliphatic carbocycles. The molecule has 2 N–H and O–H groups in total. The fourth-order valence-corrected chi connectivity index (χ4v) is 2.60. The molecule has 0 aliphatic rings. The first-order valence-electron chi connectivity index (χ1n) is 8.94. The van der Waals surface area contributed by atoms with E-state index in [4.69, 9.17) is 0 Å². The first-order chi connectivity index (χ1) is 13.5. The summed E-state index contributed by atoms with van der Waals surface area (Å²) in [6, 6.07) is 16.4. The number of nitrogens with one attached hydrogen (secondary N) is 2. The molecule has 6 heteroatoms. The number of halogens is 1. The van der Waals surface area contributed by atoms with Crippen LogP contribution in [-0.2, 0) is 13.0 Å². The largest absolute Gasteiger partial charge is 0.347 e. The van der Waals surface area contributed by atoms with Crippen molar-refractivity contribution in [2.24, 2.45) is 0 Å². The number of hydrogen-bond acceptors (Lipinski definition) is 3. The Labute approximate surface area is 162 Å². The average molecular weight is 377 g/mol. The standard InChI is InChI=1S/C22H20FN3O2/c1-2-15-5-9-19(10-6-15)26-21(27)17-11-12-24-20(13-17)22(28)25-14-16-3-7-18(23)8-4-16/h3-13H,2,14H2,1H3,(H,25,28)(H,26,27). The number of rotatable bonds is 6. The summed E-state index contributed by atoms with van der Waals surface area (Å²) < 4.78 is 12.9. The van der Waals surface area contributed by atoms with Gasteiger partial charge in [0.1, 0.15) is 11.5 Å². The number of anilines is 1. The predicted molar refractivity (Wildman–Crippen MR) is 106 cm³/mol. The summed E-state index contributed by atoms with van der Waals surface area (Å²) in [6.07, 6.45) is 2.34. The van der Waals surface area contributed by atoms with Crippen molar-refractivity contribution in [3.05, 3.63) is 95.1 Å². The highest BCUT2D eigenvalue weighted by atomic mass is 19.1. The maximum Gasteiger partial charge on any atom is 0.270 e. The molecule has 0 atom stereocenters. The third-order valence-corrected chi connectivity index (χ3v) is 4.24. The lowest BCUT2D eigenvalue weighted by Crippen LogP contribution is -2.24. The van der Waals surface area contributed by atoms with Gasteiger partial charge in [-0.25, -0.2) is 4.39 Å². The molecule has 1 aromatic heterocycles. The van der Waals surface area contributed by atoms with Crippen LogP contribution < -0.4 is 10.6 Å². The number of aromatic nitrogens is 1. The summed E-state index contributed by atoms with van der Waals surface area (Å²) in [7, 11) is 0. The van der Waals surface area contributed by atoms with Gasteiger partial charge in [-0.05, 0) is 53.9 Å². The fraction of sp³-hybridized carbons (Fsp3) is 0.136. The molecular weight excluding hydrogens is 357 g/mol. The number of aryl methyl sites for hydroxylation is 1. The molecule has 0 fully saturated rings. The Bertz CT molecular complexity index is 970. The van der Waals surface area contributed by atoms with Crippen LogP contribution in [0, 0.1) is 5.82 Å². The van der Waals surface area contributed by atoms with Crippen molar-refractivity contribution in [1.29, 1.82) is 0 Å². The minimum Gasteiger partial charge on any atom is -0.347 e. The monoisotopic (exact) mass is 377 g/mol. The summed E-state index contributed by atoms with van der Waals surface area (Å²) in [5, 5.41) is 5.51. The molecular formula is C22H20FN3O2. The number of carbonyl (C=O) groups is 2. The molecule has 2 amide bonds. The van der Waals surface area contributed by atoms with Crippen molar-refractivity contribution < 1.29 is 14.0 Å². The molecule has 0 radical (unpaired) electrons. The average Bonchev–Trinajstić information content (AvgIpc) is 2.73. The highest BCUT2D eigenvalue weighted by Crippen LogP contribution is 2.12. The van der Waals surface area contributed by atoms with E-state index >= 15 is 0 Å². The number of carbonyl (C=O) groups excluding carboxylic acids is 2. The van der Waals surface area contributed by atoms with Gasteiger partial charge in [0.25, 0.3) is 11.8 Å². The van der Waals surface area contributed by atoms with Crippen LogP contribution in [0.25, 0.3) is 0 Å². The summed E-state index contributed by atoms with van der Waals surface area (Å²) in [4.78, 5) is 28.8. The van der Waals surface area contributed by atoms with E-state index in [0.29, 0.717) is 11.3 Å². The molecule has 1 heterocycles. The third kappa shape index (κ3) is 5.01. The predicted octanol–water partition coefficient (Wildman–Crippen LogP) is 3.97. The molecule has 0 aliphatic heterocycles. The van der Waals surface area contributed by atoms with Crippen LogP contribution in [0.2, 0.25) is 0 Å². The number of hydrogen-bond donors (Lipinski definition) is 2. The Hall–Kier alpha value is -3.54. The van der Waals surface area contributed by atoms with Gasteiger partial charge in [-0.15, -0.1) is 0 Å². The lowest BCUT2D eigenvalue weighted by atomic mass is 10.1. The quantitative estimate of drug-likeness (QED) is 0.683. The Balaban J connectivity index is 1.64. The molecule has 0 saturated carbocycles. The maximum atomic E-state index is 12.9. The second-order valence-corrected chi connectivity index (χ2v) is 6.24. The number of benzene rings is 2. The zero-order valence-electron chi connectivity index (χ0n) is 15.4. The van der Waals surface area contributed by atoms with Gasteiger partial charge >= 0.3 is 0 Å². The fourth-order valence-electron chi connectivity index (χ4n) is 2.60. The minimum absolute atomic E-state index is 0.135. The number of pyridine rings is 1. The molecule has 0 unspecified atom stereocenters. The molecule has 0 saturated heterocycles. The van der Waals surface area contributed by atoms with Crippen LogP contribution in [0.5, 0.6) is 0 Å². The van der Waals surface area contributed by atoms with E-state index in [0.717, 1.165) is 12.0 Å². The van der Waals surface area contributed by atoms with Crippen LogP contribution >= 0.6 is 0 Å². The van der Waals surface area contributed by atoms with E-state index in [1.54, 1.807) is 18.2 Å². The van der Waals surface area contributed by atoms with Crippen LogP contribution in [-0.4, -0.2) is 16.8 Å². The van der Waals surface area contributed by atoms with E-state index in [1.165, 1.54) is 30.0 Å². The van der Waals surface area contributed by atoms with Gasteiger partial charge in [0.15, 0.2) is 0 Å². The first-order valence-corrected chi connectivity index (χ1v) is 8.94. The van der Waals surface area contributed by atoms with Crippen molar-refractivity contribution in [2.45, 2.75) is 19.9 Å². The van der Waals surface area contributed by atoms with Gasteiger partial charge in [-0.1, -0.05) is 31.2 Å². The van der Waals surface area contributed by atoms with E-state index in [1.807, 2.05) is 24.3 Å². The topological polar surface area (TPSA) is 71.1 Å². The van der Waals surface area contributed by atoms with Crippen molar-refractivity contribution in [2.75, 3.05) is 5.32 Å². The lowest BCUT2D eigenvalue weighted by Gasteiger charge is -2.08. The van der Waals surface area contributed by atoms with E-state index in [-0.39, 0.29) is 24.0 Å². The van der Waals surface area contributed by atoms with Crippen molar-refractivity contribution >= 4 is 17.5 Å². The van der Waals surface area contributed by atoms with E-state index in [9.17, 15) is 14.0 Å². The molecule has 3 aromatic rings. The van der Waals surface area contributed by atoms with Gasteiger partial charge in [0, 0.05) is 24.0 Å². The normalized spacial score (nSPS) is 10.4. The van der Waals surface area contributed by atoms with E-state index in [2.05, 4.69) is 22.5 Å². The zero-order chi connectivity index (χ0) is 19.9. The Kier molecular flexibility index (Phi) is 6.11. The first kappa shape index (κ1) is 19.2. The second kappa shape index (κ2) is 8.90. The van der Waals surface area contributed by atoms with Crippen molar-refractivity contribution in [1.82, 2.24) is 10.3 Å². The molecule has 142 valence electrons. The van der Waals surface area contributed by atoms with Gasteiger partial charge in [0.05, 0.1) is 0 Å². The van der Waals surface area contributed by atoms with Crippen molar-refractivity contribution in [3.63, 3.8) is 0 Å². The molecule has 3 rings (SSSR count). The Morgan fingerprint density at radius 1 is 0.929 bits per heavy atom. The summed E-state index contributed by atoms with van der Waals surface area (Å²) >= 11 is 0. The zero-order valence-corrected chi connectivity index (χ0v) is 15.4. The van der Waals surface area contributed by atoms with E-state index < -0.39 is 5.91 Å². The highest BCUT2D eigenvalue weighted by Gasteiger charge is 2.12. The van der Waals surface area contributed by atoms with Gasteiger partial charge in [-0.3, -0.25) is 14.6 Å². The van der Waals surface area contributed by atoms with Crippen LogP contribution in [0.4, 0.5) is 10.1 Å². The Morgan fingerprint density at radius 2 is 1.61 bits per heavy atom. The lowest BCUT2D eigenvalue weighted by molar-refractivity contribution is 0.0946. The molecule has 28 heavy (non-hydrogen) atoms. The Morgan fingerprint density at radius 3 is 2.29 bits per heavy atom. The molecule has 2 aromatic carbocycles. The summed E-state index contributed by atoms with van der Waals surface area (Å²) in [5.74, 6) is -1.06. The molecule has 0 bridgehead atoms. The van der Waals surface area contributed by atoms with Crippen LogP contribution in [0.15, 0.2) is 66.9 Å². The summed E-state index contributed by atoms with van der Waals surface area (Å²) in [5.41, 5.74) is 3.10. The summed E-state index contributed by atoms with van der Waals surface area (Å²) in [6.45, 7) is 2.30. The highest BCUT2D eigenvalue weighted by molar-refractivity contribution is 6.05. The SMILES string of the molecule is CCc1ccc(NC(=O)c2ccnc(C(=O)NCc3ccc(F)cc3)c2)cc1. The smallest absolute Gasteiger partial charge is 0.270 e. The molecule has 5 nitrogen and oxygen atoms in total. The van der Waals surface area contributed by atoms with Crippen LogP contribution in [0.1, 0.15) is 38.9 Å². The molecule has 0 spiro atoms. The second-order valence-electron chi connectivity index (χ2n) is 6.24. The van der Waals surface area contributed by atoms with Crippen molar-refractivity contribution in [3.8, 4) is 0 Å². The number of amides is 2. The van der Waals surface area contributed by atoms with Crippen LogP contribution in [0.3, 0.4) is 0 Å². The minimum atomic E-state index is -0.411. The van der Waals surface area contributed by atoms with Gasteiger partial charge in [0.2, 0.25) is 0 Å². The van der Waals surface area contributed by atoms with Gasteiger partial charge in [-0.2, -0.15) is 0 Å². The van der Waals surface area contributed by atoms with Gasteiger partial charge < -0.3 is 10.6 Å². The third-order valence-electron chi connectivity index (χ3n) is 4.24. The number of nitrogens with zero attached hydrogens (tertiary/aromatic N) is 1. The maximum absolute atomic E-state index is 12.9.